The van der Waals surface area contributed by atoms with Gasteiger partial charge in [0.05, 0.1) is 36.0 Å². The van der Waals surface area contributed by atoms with Crippen molar-refractivity contribution >= 4 is 50.7 Å². The largest absolute Gasteiger partial charge is 0.463 e. The highest BCUT2D eigenvalue weighted by Crippen LogP contribution is 2.59. The van der Waals surface area contributed by atoms with Crippen LogP contribution in [0.5, 0.6) is 0 Å². The quantitative estimate of drug-likeness (QED) is 0.273. The van der Waals surface area contributed by atoms with Crippen LogP contribution in [0.25, 0.3) is 11.0 Å². The molecule has 268 valence electrons. The number of rotatable bonds is 7. The van der Waals surface area contributed by atoms with Gasteiger partial charge in [-0.3, -0.25) is 19.2 Å². The Labute approximate surface area is 303 Å². The molecule has 2 aromatic carbocycles. The highest BCUT2D eigenvalue weighted by molar-refractivity contribution is 9.11. The standard InChI is InChI=1S/C37H41BrN6O7/c1-3-22(2)28(19-45)44-33-36(49)42(21-43-27-15-10-9-14-25(27)40-41-43)17-11-5-8-16-29(46)50-20-26(23-12-6-4-7-13-23)39-34(47)30-31(35(44)48)37(33)18-24(38)32(30)51-37/h4-7,9-15,18,22,26,28,30-33,45H,3,8,16-17,19-21H2,1-2H3,(H,39,47)/b11-5-/t22-,26-,28-,30-,31+,32-,33-,37+/m0/s1. The van der Waals surface area contributed by atoms with Crippen molar-refractivity contribution < 1.29 is 33.8 Å². The number of aromatic nitrogens is 3. The third-order valence-electron chi connectivity index (χ3n) is 10.7. The smallest absolute Gasteiger partial charge is 0.306 e. The molecule has 2 fully saturated rings. The first-order chi connectivity index (χ1) is 24.7. The van der Waals surface area contributed by atoms with Crippen LogP contribution in [0.15, 0.2) is 77.3 Å². The number of amides is 3. The van der Waals surface area contributed by atoms with Crippen LogP contribution in [-0.4, -0.2) is 97.1 Å². The highest BCUT2D eigenvalue weighted by atomic mass is 79.9. The molecule has 51 heavy (non-hydrogen) atoms. The predicted molar refractivity (Wildman–Crippen MR) is 188 cm³/mol. The molecule has 5 bridgehead atoms. The summed E-state index contributed by atoms with van der Waals surface area (Å²) in [6, 6.07) is 14.0. The maximum Gasteiger partial charge on any atom is 0.306 e. The monoisotopic (exact) mass is 760 g/mol. The number of cyclic esters (lactones) is 1. The molecule has 7 rings (SSSR count). The predicted octanol–water partition coefficient (Wildman–Crippen LogP) is 3.25. The molecule has 0 aliphatic carbocycles. The summed E-state index contributed by atoms with van der Waals surface area (Å²) in [5.41, 5.74) is 0.597. The van der Waals surface area contributed by atoms with E-state index in [4.69, 9.17) is 9.47 Å². The average molecular weight is 762 g/mol. The number of halogens is 1. The Morgan fingerprint density at radius 1 is 1.06 bits per heavy atom. The minimum absolute atomic E-state index is 0.00485. The number of hydrogen-bond acceptors (Lipinski definition) is 9. The van der Waals surface area contributed by atoms with Crippen molar-refractivity contribution in [2.75, 3.05) is 19.8 Å². The van der Waals surface area contributed by atoms with E-state index in [1.807, 2.05) is 74.5 Å². The highest BCUT2D eigenvalue weighted by Gasteiger charge is 2.75. The molecule has 14 heteroatoms. The van der Waals surface area contributed by atoms with E-state index in [-0.39, 0.29) is 38.8 Å². The van der Waals surface area contributed by atoms with Crippen LogP contribution in [0.4, 0.5) is 0 Å². The molecule has 1 aromatic heterocycles. The van der Waals surface area contributed by atoms with E-state index >= 15 is 4.79 Å². The van der Waals surface area contributed by atoms with Gasteiger partial charge >= 0.3 is 5.97 Å². The first-order valence-electron chi connectivity index (χ1n) is 17.4. The number of fused-ring (bicyclic) bond motifs is 3. The summed E-state index contributed by atoms with van der Waals surface area (Å²) < 4.78 is 14.5. The average Bonchev–Trinajstić information content (AvgIpc) is 3.86. The van der Waals surface area contributed by atoms with E-state index in [1.165, 1.54) is 4.90 Å². The Hall–Kier alpha value is -4.40. The number of esters is 1. The number of carbonyl (C=O) groups is 4. The fourth-order valence-electron chi connectivity index (χ4n) is 7.92. The van der Waals surface area contributed by atoms with E-state index in [0.29, 0.717) is 28.4 Å². The second kappa shape index (κ2) is 14.3. The summed E-state index contributed by atoms with van der Waals surface area (Å²) in [6.07, 6.45) is 5.64. The van der Waals surface area contributed by atoms with Gasteiger partial charge in [-0.15, -0.1) is 5.10 Å². The van der Waals surface area contributed by atoms with E-state index in [9.17, 15) is 19.5 Å². The Balaban J connectivity index is 1.34. The van der Waals surface area contributed by atoms with Gasteiger partial charge in [0.25, 0.3) is 5.91 Å². The molecular formula is C37H41BrN6O7. The molecular weight excluding hydrogens is 720 g/mol. The zero-order valence-corrected chi connectivity index (χ0v) is 30.0. The van der Waals surface area contributed by atoms with Gasteiger partial charge in [0, 0.05) is 17.4 Å². The molecule has 0 radical (unpaired) electrons. The lowest BCUT2D eigenvalue weighted by Crippen LogP contribution is -2.59. The Kier molecular flexibility index (Phi) is 9.83. The summed E-state index contributed by atoms with van der Waals surface area (Å²) in [7, 11) is 0. The number of hydrogen-bond donors (Lipinski definition) is 2. The first-order valence-corrected chi connectivity index (χ1v) is 18.2. The summed E-state index contributed by atoms with van der Waals surface area (Å²) in [5, 5.41) is 22.4. The minimum Gasteiger partial charge on any atom is -0.463 e. The molecule has 3 aromatic rings. The van der Waals surface area contributed by atoms with Crippen LogP contribution in [0.1, 0.15) is 44.7 Å². The molecule has 4 aliphatic rings. The summed E-state index contributed by atoms with van der Waals surface area (Å²) in [4.78, 5) is 60.4. The lowest BCUT2D eigenvalue weighted by Gasteiger charge is -2.40. The Bertz CT molecular complexity index is 1880. The van der Waals surface area contributed by atoms with Crippen molar-refractivity contribution in [2.24, 2.45) is 17.8 Å². The van der Waals surface area contributed by atoms with Gasteiger partial charge in [-0.1, -0.05) is 96.0 Å². The maximum atomic E-state index is 15.2. The number of allylic oxidation sites excluding steroid dienone is 1. The second-order valence-electron chi connectivity index (χ2n) is 13.7. The number of para-hydroxylation sites is 1. The number of carbonyl (C=O) groups excluding carboxylic acids is 4. The number of benzene rings is 2. The van der Waals surface area contributed by atoms with Crippen LogP contribution >= 0.6 is 15.9 Å². The van der Waals surface area contributed by atoms with Gasteiger partial charge in [-0.2, -0.15) is 0 Å². The van der Waals surface area contributed by atoms with Gasteiger partial charge in [0.2, 0.25) is 11.8 Å². The molecule has 13 nitrogen and oxygen atoms in total. The number of ether oxygens (including phenoxy) is 2. The molecule has 2 saturated heterocycles. The Morgan fingerprint density at radius 2 is 1.82 bits per heavy atom. The van der Waals surface area contributed by atoms with Crippen LogP contribution in [-0.2, 0) is 35.3 Å². The minimum atomic E-state index is -1.50. The summed E-state index contributed by atoms with van der Waals surface area (Å²) >= 11 is 3.62. The number of nitrogens with one attached hydrogen (secondary N) is 1. The third kappa shape index (κ3) is 6.16. The number of aliphatic hydroxyl groups is 1. The normalized spacial score (nSPS) is 30.2. The van der Waals surface area contributed by atoms with Crippen LogP contribution in [0.3, 0.4) is 0 Å². The van der Waals surface area contributed by atoms with E-state index in [1.54, 1.807) is 21.7 Å². The number of aliphatic hydroxyl groups excluding tert-OH is 1. The van der Waals surface area contributed by atoms with Crippen molar-refractivity contribution in [3.05, 3.63) is 82.9 Å². The van der Waals surface area contributed by atoms with Crippen molar-refractivity contribution in [1.82, 2.24) is 30.1 Å². The van der Waals surface area contributed by atoms with Crippen molar-refractivity contribution in [1.29, 1.82) is 0 Å². The summed E-state index contributed by atoms with van der Waals surface area (Å²) in [6.45, 7) is 3.52. The Morgan fingerprint density at radius 3 is 2.59 bits per heavy atom. The maximum absolute atomic E-state index is 15.2. The first kappa shape index (κ1) is 35.0. The molecule has 1 spiro atoms. The molecule has 0 unspecified atom stereocenters. The molecule has 3 amide bonds. The number of nitrogens with zero attached hydrogens (tertiary/aromatic N) is 5. The second-order valence-corrected chi connectivity index (χ2v) is 14.6. The molecule has 5 heterocycles. The van der Waals surface area contributed by atoms with Crippen molar-refractivity contribution in [3.63, 3.8) is 0 Å². The van der Waals surface area contributed by atoms with Gasteiger partial charge in [-0.05, 0) is 36.1 Å². The summed E-state index contributed by atoms with van der Waals surface area (Å²) in [5.74, 6) is -4.01. The van der Waals surface area contributed by atoms with E-state index in [0.717, 1.165) is 5.56 Å². The zero-order valence-electron chi connectivity index (χ0n) is 28.4. The molecule has 2 N–H and O–H groups in total. The van der Waals surface area contributed by atoms with Gasteiger partial charge < -0.3 is 29.7 Å². The van der Waals surface area contributed by atoms with Gasteiger partial charge in [0.1, 0.15) is 36.5 Å². The lowest BCUT2D eigenvalue weighted by molar-refractivity contribution is -0.153. The SMILES string of the molecule is CC[C@H](C)[C@H](CO)N1C(=O)[C@H]2[C@@H]3C(=O)N[C@H](c4ccccc4)COC(=O)CC/C=C\CN(Cn4nnc5ccccc54)C(=O)[C@H]1[C@@]21C=C(Br)[C@@H]3O1. The lowest BCUT2D eigenvalue weighted by atomic mass is 9.74. The van der Waals surface area contributed by atoms with Crippen molar-refractivity contribution in [3.8, 4) is 0 Å². The van der Waals surface area contributed by atoms with Crippen LogP contribution in [0, 0.1) is 17.8 Å². The third-order valence-corrected chi connectivity index (χ3v) is 11.4. The van der Waals surface area contributed by atoms with Gasteiger partial charge in [0.15, 0.2) is 0 Å². The van der Waals surface area contributed by atoms with Crippen molar-refractivity contribution in [2.45, 2.75) is 69.6 Å². The molecule has 4 aliphatic heterocycles. The fraction of sp³-hybridized carbons (Fsp3) is 0.459. The molecule has 0 saturated carbocycles. The zero-order chi connectivity index (χ0) is 35.9. The van der Waals surface area contributed by atoms with Crippen LogP contribution in [0.2, 0.25) is 0 Å². The van der Waals surface area contributed by atoms with Gasteiger partial charge in [-0.25, -0.2) is 4.68 Å². The van der Waals surface area contributed by atoms with Crippen LogP contribution < -0.4 is 5.32 Å². The number of likely N-dealkylation sites (tertiary alicyclic amines) is 1. The fourth-order valence-corrected chi connectivity index (χ4v) is 8.66. The van der Waals surface area contributed by atoms with E-state index in [2.05, 4.69) is 31.6 Å². The van der Waals surface area contributed by atoms with E-state index < -0.39 is 65.4 Å². The molecule has 8 atom stereocenters. The topological polar surface area (TPSA) is 156 Å².